The number of fused-ring (bicyclic) bond motifs is 1. The van der Waals surface area contributed by atoms with Crippen LogP contribution in [-0.2, 0) is 14.3 Å². The minimum Gasteiger partial charge on any atom is -0.396 e. The molecule has 2 fully saturated rings. The lowest BCUT2D eigenvalue weighted by atomic mass is 9.64. The molecule has 0 aromatic heterocycles. The number of aliphatic hydroxyl groups excluding tert-OH is 8. The van der Waals surface area contributed by atoms with Gasteiger partial charge in [-0.2, -0.15) is 0 Å². The van der Waals surface area contributed by atoms with Crippen LogP contribution >= 0.6 is 0 Å². The third kappa shape index (κ3) is 5.31. The van der Waals surface area contributed by atoms with Crippen LogP contribution in [0.4, 0.5) is 0 Å². The van der Waals surface area contributed by atoms with Gasteiger partial charge in [-0.05, 0) is 12.8 Å². The Bertz CT molecular complexity index is 532. The first kappa shape index (κ1) is 24.5. The van der Waals surface area contributed by atoms with Gasteiger partial charge in [-0.15, -0.1) is 0 Å². The molecule has 0 spiro atoms. The second-order valence-electron chi connectivity index (χ2n) is 7.89. The number of rotatable bonds is 10. The van der Waals surface area contributed by atoms with Crippen LogP contribution in [0.1, 0.15) is 19.3 Å². The Hall–Kier alpha value is -0.730. The van der Waals surface area contributed by atoms with Gasteiger partial charge in [0.15, 0.2) is 5.78 Å². The van der Waals surface area contributed by atoms with Crippen LogP contribution in [0.15, 0.2) is 0 Å². The molecule has 0 aromatic carbocycles. The van der Waals surface area contributed by atoms with E-state index in [1.807, 2.05) is 0 Å². The predicted molar refractivity (Wildman–Crippen MR) is 95.6 cm³/mol. The zero-order valence-electron chi connectivity index (χ0n) is 16.1. The third-order valence-corrected chi connectivity index (χ3v) is 6.04. The van der Waals surface area contributed by atoms with Gasteiger partial charge in [0.2, 0.25) is 0 Å². The molecule has 9 unspecified atom stereocenters. The number of hydrogen-bond donors (Lipinski definition) is 8. The van der Waals surface area contributed by atoms with Gasteiger partial charge in [0.05, 0.1) is 50.8 Å². The van der Waals surface area contributed by atoms with E-state index in [0.717, 1.165) is 0 Å². The zero-order chi connectivity index (χ0) is 21.8. The fraction of sp³-hybridized carbons (Fsp3) is 0.944. The minimum absolute atomic E-state index is 0.0130. The molecule has 11 heteroatoms. The van der Waals surface area contributed by atoms with E-state index in [-0.39, 0.29) is 26.2 Å². The molecule has 1 aliphatic carbocycles. The van der Waals surface area contributed by atoms with Crippen LogP contribution in [0, 0.1) is 11.8 Å². The first-order valence-electron chi connectivity index (χ1n) is 9.73. The average Bonchev–Trinajstić information content (AvgIpc) is 2.71. The van der Waals surface area contributed by atoms with Gasteiger partial charge < -0.3 is 50.3 Å². The molecule has 8 N–H and O–H groups in total. The highest BCUT2D eigenvalue weighted by Gasteiger charge is 2.56. The van der Waals surface area contributed by atoms with Crippen molar-refractivity contribution >= 4 is 5.78 Å². The smallest absolute Gasteiger partial charge is 0.166 e. The van der Waals surface area contributed by atoms with E-state index in [1.165, 1.54) is 0 Å². The third-order valence-electron chi connectivity index (χ3n) is 6.04. The first-order valence-corrected chi connectivity index (χ1v) is 9.73. The maximum absolute atomic E-state index is 11.9. The molecule has 11 nitrogen and oxygen atoms in total. The Kier molecular flexibility index (Phi) is 8.91. The number of ether oxygens (including phenoxy) is 2. The number of hydrogen-bond acceptors (Lipinski definition) is 11. The second-order valence-corrected chi connectivity index (χ2v) is 7.89. The Morgan fingerprint density at radius 1 is 1.10 bits per heavy atom. The van der Waals surface area contributed by atoms with Crippen LogP contribution < -0.4 is 0 Å². The molecule has 2 rings (SSSR count). The van der Waals surface area contributed by atoms with Crippen LogP contribution in [0.3, 0.4) is 0 Å². The van der Waals surface area contributed by atoms with Crippen LogP contribution in [0.2, 0.25) is 0 Å². The number of aliphatic hydroxyl groups is 8. The molecule has 2 aliphatic rings. The quantitative estimate of drug-likeness (QED) is 0.159. The van der Waals surface area contributed by atoms with Crippen LogP contribution in [0.25, 0.3) is 0 Å². The summed E-state index contributed by atoms with van der Waals surface area (Å²) in [7, 11) is 0. The Labute approximate surface area is 168 Å². The van der Waals surface area contributed by atoms with E-state index < -0.39 is 73.1 Å². The SMILES string of the molecule is O=C(CCOCC12CCC1C(O)C(O)C(O)C(CO)CO2)C(O)C(O)C(O)CO. The topological polar surface area (TPSA) is 197 Å². The summed E-state index contributed by atoms with van der Waals surface area (Å²) in [4.78, 5) is 11.9. The van der Waals surface area contributed by atoms with Gasteiger partial charge >= 0.3 is 0 Å². The van der Waals surface area contributed by atoms with Gasteiger partial charge in [-0.1, -0.05) is 0 Å². The van der Waals surface area contributed by atoms with Crippen molar-refractivity contribution in [3.05, 3.63) is 0 Å². The standard InChI is InChI=1S/C18H32O11/c19-5-9-7-29-18(3-1-10(18)14(24)17(27)13(9)23)8-28-4-2-11(21)15(25)16(26)12(22)6-20/h9-10,12-17,19-20,22-27H,1-8H2. The Morgan fingerprint density at radius 2 is 1.79 bits per heavy atom. The number of carbonyl (C=O) groups excluding carboxylic acids is 1. The summed E-state index contributed by atoms with van der Waals surface area (Å²) in [5.74, 6) is -2.03. The van der Waals surface area contributed by atoms with E-state index in [0.29, 0.717) is 12.8 Å². The van der Waals surface area contributed by atoms with Gasteiger partial charge in [0.25, 0.3) is 0 Å². The lowest BCUT2D eigenvalue weighted by Gasteiger charge is -2.54. The van der Waals surface area contributed by atoms with Gasteiger partial charge in [0.1, 0.15) is 24.4 Å². The highest BCUT2D eigenvalue weighted by atomic mass is 16.5. The summed E-state index contributed by atoms with van der Waals surface area (Å²) < 4.78 is 11.3. The van der Waals surface area contributed by atoms with E-state index >= 15 is 0 Å². The van der Waals surface area contributed by atoms with Crippen molar-refractivity contribution in [1.29, 1.82) is 0 Å². The molecule has 0 amide bonds. The monoisotopic (exact) mass is 424 g/mol. The largest absolute Gasteiger partial charge is 0.396 e. The molecule has 29 heavy (non-hydrogen) atoms. The van der Waals surface area contributed by atoms with Crippen molar-refractivity contribution in [2.45, 2.75) is 61.5 Å². The maximum atomic E-state index is 11.9. The lowest BCUT2D eigenvalue weighted by molar-refractivity contribution is -0.255. The number of Topliss-reactive ketones (excluding diaryl/α,β-unsaturated/α-hetero) is 1. The molecule has 1 saturated heterocycles. The maximum Gasteiger partial charge on any atom is 0.166 e. The summed E-state index contributed by atoms with van der Waals surface area (Å²) >= 11 is 0. The van der Waals surface area contributed by atoms with Crippen molar-refractivity contribution < 1.29 is 55.1 Å². The van der Waals surface area contributed by atoms with Crippen molar-refractivity contribution in [2.24, 2.45) is 11.8 Å². The van der Waals surface area contributed by atoms with Crippen molar-refractivity contribution in [1.82, 2.24) is 0 Å². The number of ketones is 1. The summed E-state index contributed by atoms with van der Waals surface area (Å²) in [5.41, 5.74) is -0.928. The molecular formula is C18H32O11. The molecule has 1 aliphatic heterocycles. The lowest BCUT2D eigenvalue weighted by Crippen LogP contribution is -2.64. The summed E-state index contributed by atoms with van der Waals surface area (Å²) in [6, 6.07) is 0. The molecule has 9 atom stereocenters. The highest BCUT2D eigenvalue weighted by Crippen LogP contribution is 2.47. The predicted octanol–water partition coefficient (Wildman–Crippen LogP) is -4.09. The zero-order valence-corrected chi connectivity index (χ0v) is 16.1. The van der Waals surface area contributed by atoms with E-state index in [1.54, 1.807) is 0 Å². The second kappa shape index (κ2) is 10.5. The van der Waals surface area contributed by atoms with E-state index in [2.05, 4.69) is 0 Å². The van der Waals surface area contributed by atoms with Gasteiger partial charge in [-0.3, -0.25) is 4.79 Å². The van der Waals surface area contributed by atoms with Crippen molar-refractivity contribution in [3.63, 3.8) is 0 Å². The van der Waals surface area contributed by atoms with Crippen molar-refractivity contribution in [2.75, 3.05) is 33.0 Å². The minimum atomic E-state index is -1.86. The fourth-order valence-electron chi connectivity index (χ4n) is 3.84. The Balaban J connectivity index is 1.88. The first-order chi connectivity index (χ1) is 13.7. The average molecular weight is 424 g/mol. The van der Waals surface area contributed by atoms with Crippen LogP contribution in [-0.4, -0.2) is 122 Å². The van der Waals surface area contributed by atoms with E-state index in [9.17, 15) is 40.5 Å². The molecule has 0 aromatic rings. The normalized spacial score (nSPS) is 38.1. The molecule has 0 radical (unpaired) electrons. The molecular weight excluding hydrogens is 392 g/mol. The van der Waals surface area contributed by atoms with Gasteiger partial charge in [0, 0.05) is 18.3 Å². The highest BCUT2D eigenvalue weighted by molar-refractivity contribution is 5.83. The van der Waals surface area contributed by atoms with Crippen LogP contribution in [0.5, 0.6) is 0 Å². The Morgan fingerprint density at radius 3 is 2.34 bits per heavy atom. The number of carbonyl (C=O) groups is 1. The van der Waals surface area contributed by atoms with Crippen molar-refractivity contribution in [3.8, 4) is 0 Å². The molecule has 170 valence electrons. The van der Waals surface area contributed by atoms with E-state index in [4.69, 9.17) is 14.6 Å². The molecule has 1 heterocycles. The summed E-state index contributed by atoms with van der Waals surface area (Å²) in [6.45, 7) is -1.41. The molecule has 0 bridgehead atoms. The summed E-state index contributed by atoms with van der Waals surface area (Å²) in [6.07, 6.45) is -8.54. The summed E-state index contributed by atoms with van der Waals surface area (Å²) in [5, 5.41) is 77.3. The van der Waals surface area contributed by atoms with Gasteiger partial charge in [-0.25, -0.2) is 0 Å². The fourth-order valence-corrected chi connectivity index (χ4v) is 3.84. The molecule has 1 saturated carbocycles.